The van der Waals surface area contributed by atoms with Gasteiger partial charge in [0.1, 0.15) is 17.0 Å². The maximum atomic E-state index is 12.6. The Kier molecular flexibility index (Phi) is 6.12. The highest BCUT2D eigenvalue weighted by Crippen LogP contribution is 2.35. The summed E-state index contributed by atoms with van der Waals surface area (Å²) in [6.45, 7) is 5.46. The Morgan fingerprint density at radius 3 is 2.66 bits per heavy atom. The van der Waals surface area contributed by atoms with Crippen molar-refractivity contribution in [3.63, 3.8) is 0 Å². The van der Waals surface area contributed by atoms with Crippen molar-refractivity contribution < 1.29 is 18.9 Å². The molecule has 0 aliphatic carbocycles. The van der Waals surface area contributed by atoms with Gasteiger partial charge in [0.05, 0.1) is 16.2 Å². The normalized spacial score (nSPS) is 14.4. The van der Waals surface area contributed by atoms with Gasteiger partial charge in [0.15, 0.2) is 6.61 Å². The molecule has 0 saturated carbocycles. The minimum atomic E-state index is -0.481. The van der Waals surface area contributed by atoms with E-state index < -0.39 is 4.92 Å². The molecule has 0 bridgehead atoms. The number of aromatic nitrogens is 4. The lowest BCUT2D eigenvalue weighted by atomic mass is 9.97. The lowest BCUT2D eigenvalue weighted by molar-refractivity contribution is -0.384. The molecule has 1 aliphatic rings. The number of nitro benzene ring substituents is 1. The first-order valence-corrected chi connectivity index (χ1v) is 11.9. The van der Waals surface area contributed by atoms with E-state index in [0.29, 0.717) is 31.5 Å². The van der Waals surface area contributed by atoms with Gasteiger partial charge in [-0.3, -0.25) is 14.9 Å². The van der Waals surface area contributed by atoms with Gasteiger partial charge in [-0.25, -0.2) is 9.97 Å². The predicted octanol–water partition coefficient (Wildman–Crippen LogP) is 4.23. The minimum absolute atomic E-state index is 0.0295. The average molecular weight is 495 g/mol. The summed E-state index contributed by atoms with van der Waals surface area (Å²) in [4.78, 5) is 36.3. The monoisotopic (exact) mass is 494 g/mol. The molecule has 1 saturated heterocycles. The van der Waals surface area contributed by atoms with Crippen LogP contribution in [0.2, 0.25) is 0 Å². The Balaban J connectivity index is 1.17. The van der Waals surface area contributed by atoms with Crippen molar-refractivity contribution in [3.8, 4) is 11.5 Å². The van der Waals surface area contributed by atoms with Gasteiger partial charge < -0.3 is 14.1 Å². The van der Waals surface area contributed by atoms with Crippen LogP contribution in [0.4, 0.5) is 11.5 Å². The molecule has 0 radical (unpaired) electrons. The van der Waals surface area contributed by atoms with Crippen LogP contribution in [0.3, 0.4) is 0 Å². The zero-order valence-electron chi connectivity index (χ0n) is 19.1. The van der Waals surface area contributed by atoms with E-state index in [2.05, 4.69) is 38.9 Å². The zero-order valence-corrected chi connectivity index (χ0v) is 19.9. The number of piperidine rings is 1. The molecule has 180 valence electrons. The molecular weight excluding hydrogens is 472 g/mol. The number of nitrogens with zero attached hydrogens (tertiary/aromatic N) is 6. The van der Waals surface area contributed by atoms with Crippen molar-refractivity contribution in [2.75, 3.05) is 18.0 Å². The summed E-state index contributed by atoms with van der Waals surface area (Å²) in [7, 11) is 0. The van der Waals surface area contributed by atoms with Crippen molar-refractivity contribution in [2.45, 2.75) is 33.3 Å². The van der Waals surface area contributed by atoms with Gasteiger partial charge in [0, 0.05) is 35.7 Å². The summed E-state index contributed by atoms with van der Waals surface area (Å²) < 4.78 is 11.0. The second-order valence-electron chi connectivity index (χ2n) is 8.33. The number of nitro groups is 1. The van der Waals surface area contributed by atoms with Gasteiger partial charge in [-0.2, -0.15) is 0 Å². The first-order valence-electron chi connectivity index (χ1n) is 11.1. The summed E-state index contributed by atoms with van der Waals surface area (Å²) in [6.07, 6.45) is 2.91. The van der Waals surface area contributed by atoms with E-state index in [4.69, 9.17) is 9.15 Å². The summed E-state index contributed by atoms with van der Waals surface area (Å²) >= 11 is 1.67. The molecule has 4 aromatic rings. The van der Waals surface area contributed by atoms with Crippen LogP contribution in [0.15, 0.2) is 35.0 Å². The lowest BCUT2D eigenvalue weighted by Gasteiger charge is -2.32. The number of anilines is 1. The number of hydrogen-bond donors (Lipinski definition) is 0. The van der Waals surface area contributed by atoms with Crippen LogP contribution in [0, 0.1) is 29.9 Å². The van der Waals surface area contributed by atoms with Crippen LogP contribution in [0.5, 0.6) is 0 Å². The number of carbonyl (C=O) groups excluding carboxylic acids is 1. The molecule has 3 aromatic heterocycles. The number of rotatable bonds is 6. The fraction of sp³-hybridized carbons (Fsp3) is 0.348. The number of aryl methyl sites for hydroxylation is 2. The summed E-state index contributed by atoms with van der Waals surface area (Å²) in [5.74, 6) is 0.777. The molecular formula is C23H22N6O5S. The smallest absolute Gasteiger partial charge is 0.309 e. The Morgan fingerprint density at radius 1 is 1.20 bits per heavy atom. The van der Waals surface area contributed by atoms with Crippen molar-refractivity contribution in [1.29, 1.82) is 0 Å². The Morgan fingerprint density at radius 2 is 1.94 bits per heavy atom. The average Bonchev–Trinajstić information content (AvgIpc) is 3.47. The van der Waals surface area contributed by atoms with Crippen molar-refractivity contribution in [2.24, 2.45) is 5.92 Å². The van der Waals surface area contributed by atoms with E-state index in [-0.39, 0.29) is 36.0 Å². The third-order valence-corrected chi connectivity index (χ3v) is 7.32. The summed E-state index contributed by atoms with van der Waals surface area (Å²) in [5.41, 5.74) is 1.72. The standard InChI is InChI=1S/C23H22N6O5S/c1-13-14(2)35-22-19(13)20(24-12-25-22)28-9-7-16(8-10-28)23(30)33-11-18-26-27-21(34-18)15-3-5-17(6-4-15)29(31)32/h3-6,12,16H,7-11H2,1-2H3. The van der Waals surface area contributed by atoms with E-state index in [1.165, 1.54) is 34.7 Å². The van der Waals surface area contributed by atoms with Gasteiger partial charge in [0.25, 0.3) is 11.6 Å². The largest absolute Gasteiger partial charge is 0.455 e. The van der Waals surface area contributed by atoms with Gasteiger partial charge in [-0.15, -0.1) is 21.5 Å². The third-order valence-electron chi connectivity index (χ3n) is 6.20. The van der Waals surface area contributed by atoms with Crippen LogP contribution in [0.1, 0.15) is 29.2 Å². The number of non-ortho nitro benzene ring substituents is 1. The molecule has 0 spiro atoms. The number of hydrogen-bond acceptors (Lipinski definition) is 11. The van der Waals surface area contributed by atoms with Crippen LogP contribution >= 0.6 is 11.3 Å². The van der Waals surface area contributed by atoms with Gasteiger partial charge >= 0.3 is 5.97 Å². The highest BCUT2D eigenvalue weighted by molar-refractivity contribution is 7.18. The van der Waals surface area contributed by atoms with Crippen LogP contribution in [-0.4, -0.2) is 44.1 Å². The van der Waals surface area contributed by atoms with E-state index in [1.807, 2.05) is 0 Å². The van der Waals surface area contributed by atoms with E-state index in [1.54, 1.807) is 17.7 Å². The number of ether oxygens (including phenoxy) is 1. The SMILES string of the molecule is Cc1sc2ncnc(N3CCC(C(=O)OCc4nnc(-c5ccc([N+](=O)[O-])cc5)o4)CC3)c2c1C. The summed E-state index contributed by atoms with van der Waals surface area (Å²) in [5, 5.41) is 19.7. The fourth-order valence-corrected chi connectivity index (χ4v) is 5.13. The molecule has 5 rings (SSSR count). The molecule has 0 amide bonds. The maximum absolute atomic E-state index is 12.6. The van der Waals surface area contributed by atoms with Crippen molar-refractivity contribution in [3.05, 3.63) is 57.0 Å². The van der Waals surface area contributed by atoms with Gasteiger partial charge in [0.2, 0.25) is 5.89 Å². The fourth-order valence-electron chi connectivity index (χ4n) is 4.14. The molecule has 4 heterocycles. The van der Waals surface area contributed by atoms with Crippen LogP contribution < -0.4 is 4.90 Å². The molecule has 11 nitrogen and oxygen atoms in total. The van der Waals surface area contributed by atoms with Gasteiger partial charge in [-0.1, -0.05) is 0 Å². The number of fused-ring (bicyclic) bond motifs is 1. The molecule has 1 aliphatic heterocycles. The van der Waals surface area contributed by atoms with E-state index in [9.17, 15) is 14.9 Å². The molecule has 0 N–H and O–H groups in total. The first kappa shape index (κ1) is 22.8. The molecule has 1 aromatic carbocycles. The van der Waals surface area contributed by atoms with E-state index >= 15 is 0 Å². The highest BCUT2D eigenvalue weighted by Gasteiger charge is 2.28. The van der Waals surface area contributed by atoms with Crippen molar-refractivity contribution in [1.82, 2.24) is 20.2 Å². The van der Waals surface area contributed by atoms with Crippen molar-refractivity contribution >= 4 is 39.0 Å². The quantitative estimate of drug-likeness (QED) is 0.217. The number of benzene rings is 1. The lowest BCUT2D eigenvalue weighted by Crippen LogP contribution is -2.37. The molecule has 1 fully saturated rings. The Hall–Kier alpha value is -3.93. The molecule has 0 unspecified atom stereocenters. The number of thiophene rings is 1. The molecule has 0 atom stereocenters. The topological polar surface area (TPSA) is 137 Å². The predicted molar refractivity (Wildman–Crippen MR) is 128 cm³/mol. The molecule has 35 heavy (non-hydrogen) atoms. The van der Waals surface area contributed by atoms with Gasteiger partial charge in [-0.05, 0) is 44.4 Å². The number of esters is 1. The third kappa shape index (κ3) is 4.56. The Labute approximate surface area is 203 Å². The van der Waals surface area contributed by atoms with Crippen LogP contribution in [0.25, 0.3) is 21.7 Å². The van der Waals surface area contributed by atoms with E-state index in [0.717, 1.165) is 16.0 Å². The second kappa shape index (κ2) is 9.37. The summed E-state index contributed by atoms with van der Waals surface area (Å²) in [6, 6.07) is 5.77. The Bertz CT molecular complexity index is 1390. The minimum Gasteiger partial charge on any atom is -0.455 e. The number of carbonyl (C=O) groups is 1. The molecule has 12 heteroatoms. The first-order chi connectivity index (χ1) is 16.9. The second-order valence-corrected chi connectivity index (χ2v) is 9.54. The maximum Gasteiger partial charge on any atom is 0.309 e. The highest BCUT2D eigenvalue weighted by atomic mass is 32.1. The zero-order chi connectivity index (χ0) is 24.5. The van der Waals surface area contributed by atoms with Crippen LogP contribution in [-0.2, 0) is 16.1 Å².